The second kappa shape index (κ2) is 5.89. The number of hydrogen-bond acceptors (Lipinski definition) is 4. The summed E-state index contributed by atoms with van der Waals surface area (Å²) in [6.07, 6.45) is 2.62. The van der Waals surface area contributed by atoms with Gasteiger partial charge in [-0.1, -0.05) is 0 Å². The molecule has 0 bridgehead atoms. The molecule has 1 atom stereocenters. The maximum absolute atomic E-state index is 13.2. The van der Waals surface area contributed by atoms with E-state index in [0.717, 1.165) is 5.82 Å². The van der Waals surface area contributed by atoms with Crippen molar-refractivity contribution in [2.24, 2.45) is 5.92 Å². The fourth-order valence-electron chi connectivity index (χ4n) is 3.43. The average molecular weight is 313 g/mol. The number of carbonyl (C=O) groups excluding carboxylic acids is 1. The van der Waals surface area contributed by atoms with Crippen molar-refractivity contribution >= 4 is 5.91 Å². The minimum atomic E-state index is -2.56. The molecule has 1 aromatic heterocycles. The third-order valence-corrected chi connectivity index (χ3v) is 4.94. The molecule has 0 radical (unpaired) electrons. The second-order valence-electron chi connectivity index (χ2n) is 6.38. The van der Waals surface area contributed by atoms with E-state index in [1.165, 1.54) is 0 Å². The number of amides is 1. The van der Waals surface area contributed by atoms with Crippen LogP contribution in [0.15, 0.2) is 0 Å². The predicted molar refractivity (Wildman–Crippen MR) is 74.2 cm³/mol. The Bertz CT molecular complexity index is 515. The van der Waals surface area contributed by atoms with Crippen LogP contribution < -0.4 is 0 Å². The van der Waals surface area contributed by atoms with Crippen molar-refractivity contribution in [3.63, 3.8) is 0 Å². The van der Waals surface area contributed by atoms with Gasteiger partial charge in [-0.3, -0.25) is 4.79 Å². The first-order chi connectivity index (χ1) is 10.5. The Hall–Kier alpha value is -1.60. The van der Waals surface area contributed by atoms with Crippen LogP contribution in [0.25, 0.3) is 0 Å². The second-order valence-corrected chi connectivity index (χ2v) is 6.38. The first-order valence-corrected chi connectivity index (χ1v) is 7.86. The lowest BCUT2D eigenvalue weighted by molar-refractivity contribution is -0.139. The lowest BCUT2D eigenvalue weighted by atomic mass is 9.90. The summed E-state index contributed by atoms with van der Waals surface area (Å²) in [6.45, 7) is 0.634. The third kappa shape index (κ3) is 3.10. The van der Waals surface area contributed by atoms with E-state index in [2.05, 4.69) is 15.5 Å². The molecule has 1 amide bonds. The van der Waals surface area contributed by atoms with Crippen molar-refractivity contribution in [3.05, 3.63) is 5.82 Å². The van der Waals surface area contributed by atoms with Crippen molar-refractivity contribution in [1.82, 2.24) is 25.1 Å². The standard InChI is InChI=1S/C14H21F2N5O/c1-20(11-4-7-14(15,16)8-5-11)13(22)10-2-3-12-17-18-19-21(12)9-6-10/h10-11H,2-9H2,1H3. The van der Waals surface area contributed by atoms with Crippen molar-refractivity contribution in [1.29, 1.82) is 0 Å². The van der Waals surface area contributed by atoms with E-state index >= 15 is 0 Å². The van der Waals surface area contributed by atoms with Gasteiger partial charge in [0.1, 0.15) is 0 Å². The van der Waals surface area contributed by atoms with Gasteiger partial charge in [-0.2, -0.15) is 0 Å². The molecule has 2 aliphatic rings. The Morgan fingerprint density at radius 2 is 2.00 bits per heavy atom. The quantitative estimate of drug-likeness (QED) is 0.833. The SMILES string of the molecule is CN(C(=O)C1CCc2nnnn2CC1)C1CCC(F)(F)CC1. The number of aryl methyl sites for hydroxylation is 2. The van der Waals surface area contributed by atoms with Gasteiger partial charge < -0.3 is 4.90 Å². The number of tetrazole rings is 1. The molecular formula is C14H21F2N5O. The van der Waals surface area contributed by atoms with Crippen LogP contribution in [0.2, 0.25) is 0 Å². The fourth-order valence-corrected chi connectivity index (χ4v) is 3.43. The van der Waals surface area contributed by atoms with Crippen LogP contribution in [0.5, 0.6) is 0 Å². The highest BCUT2D eigenvalue weighted by atomic mass is 19.3. The zero-order chi connectivity index (χ0) is 15.7. The summed E-state index contributed by atoms with van der Waals surface area (Å²) in [5.41, 5.74) is 0. The number of alkyl halides is 2. The normalized spacial score (nSPS) is 25.3. The number of aromatic nitrogens is 4. The molecule has 8 heteroatoms. The molecule has 2 heterocycles. The van der Waals surface area contributed by atoms with Crippen molar-refractivity contribution in [2.75, 3.05) is 7.05 Å². The predicted octanol–water partition coefficient (Wildman–Crippen LogP) is 1.66. The third-order valence-electron chi connectivity index (χ3n) is 4.94. The summed E-state index contributed by atoms with van der Waals surface area (Å²) in [5, 5.41) is 11.5. The molecule has 1 aliphatic heterocycles. The highest BCUT2D eigenvalue weighted by molar-refractivity contribution is 5.79. The van der Waals surface area contributed by atoms with Crippen molar-refractivity contribution in [2.45, 2.75) is 63.5 Å². The summed E-state index contributed by atoms with van der Waals surface area (Å²) in [7, 11) is 1.75. The molecule has 1 unspecified atom stereocenters. The van der Waals surface area contributed by atoms with E-state index in [0.29, 0.717) is 38.6 Å². The Labute approximate surface area is 127 Å². The Morgan fingerprint density at radius 3 is 2.73 bits per heavy atom. The first-order valence-electron chi connectivity index (χ1n) is 7.86. The molecular weight excluding hydrogens is 292 g/mol. The van der Waals surface area contributed by atoms with Gasteiger partial charge >= 0.3 is 0 Å². The zero-order valence-electron chi connectivity index (χ0n) is 12.7. The van der Waals surface area contributed by atoms with E-state index in [-0.39, 0.29) is 30.7 Å². The minimum absolute atomic E-state index is 0.0628. The molecule has 0 aromatic carbocycles. The van der Waals surface area contributed by atoms with Gasteiger partial charge in [0, 0.05) is 44.8 Å². The number of nitrogens with zero attached hydrogens (tertiary/aromatic N) is 5. The molecule has 0 spiro atoms. The smallest absolute Gasteiger partial charge is 0.248 e. The van der Waals surface area contributed by atoms with E-state index in [9.17, 15) is 13.6 Å². The van der Waals surface area contributed by atoms with E-state index < -0.39 is 5.92 Å². The van der Waals surface area contributed by atoms with E-state index in [1.54, 1.807) is 16.6 Å². The highest BCUT2D eigenvalue weighted by Crippen LogP contribution is 2.35. The van der Waals surface area contributed by atoms with Crippen LogP contribution in [0, 0.1) is 5.92 Å². The number of carbonyl (C=O) groups is 1. The van der Waals surface area contributed by atoms with Gasteiger partial charge in [0.2, 0.25) is 11.8 Å². The molecule has 22 heavy (non-hydrogen) atoms. The van der Waals surface area contributed by atoms with Crippen LogP contribution in [0.4, 0.5) is 8.78 Å². The van der Waals surface area contributed by atoms with Crippen LogP contribution >= 0.6 is 0 Å². The van der Waals surface area contributed by atoms with Gasteiger partial charge in [0.05, 0.1) is 0 Å². The largest absolute Gasteiger partial charge is 0.343 e. The Morgan fingerprint density at radius 1 is 1.27 bits per heavy atom. The van der Waals surface area contributed by atoms with Gasteiger partial charge in [-0.05, 0) is 36.1 Å². The molecule has 1 aromatic rings. The van der Waals surface area contributed by atoms with E-state index in [1.807, 2.05) is 0 Å². The number of hydrogen-bond donors (Lipinski definition) is 0. The van der Waals surface area contributed by atoms with Crippen molar-refractivity contribution in [3.8, 4) is 0 Å². The fraction of sp³-hybridized carbons (Fsp3) is 0.857. The first kappa shape index (κ1) is 15.3. The molecule has 1 aliphatic carbocycles. The van der Waals surface area contributed by atoms with Gasteiger partial charge in [0.15, 0.2) is 5.82 Å². The minimum Gasteiger partial charge on any atom is -0.343 e. The van der Waals surface area contributed by atoms with E-state index in [4.69, 9.17) is 0 Å². The van der Waals surface area contributed by atoms with Gasteiger partial charge in [-0.25, -0.2) is 13.5 Å². The van der Waals surface area contributed by atoms with Crippen LogP contribution in [0.3, 0.4) is 0 Å². The molecule has 3 rings (SSSR count). The molecule has 1 fully saturated rings. The molecule has 1 saturated carbocycles. The lowest BCUT2D eigenvalue weighted by Gasteiger charge is -2.36. The highest BCUT2D eigenvalue weighted by Gasteiger charge is 2.38. The number of fused-ring (bicyclic) bond motifs is 1. The monoisotopic (exact) mass is 313 g/mol. The van der Waals surface area contributed by atoms with Crippen LogP contribution in [-0.2, 0) is 17.8 Å². The molecule has 0 saturated heterocycles. The topological polar surface area (TPSA) is 63.9 Å². The Balaban J connectivity index is 1.58. The number of rotatable bonds is 2. The maximum Gasteiger partial charge on any atom is 0.248 e. The molecule has 0 N–H and O–H groups in total. The summed E-state index contributed by atoms with van der Waals surface area (Å²) in [6, 6.07) is -0.0628. The summed E-state index contributed by atoms with van der Waals surface area (Å²) in [5.74, 6) is -1.77. The molecule has 122 valence electrons. The van der Waals surface area contributed by atoms with Crippen LogP contribution in [0.1, 0.15) is 44.3 Å². The number of halogens is 2. The lowest BCUT2D eigenvalue weighted by Crippen LogP contribution is -2.44. The Kier molecular flexibility index (Phi) is 4.10. The summed E-state index contributed by atoms with van der Waals surface area (Å²) < 4.78 is 28.2. The van der Waals surface area contributed by atoms with Gasteiger partial charge in [-0.15, -0.1) is 5.10 Å². The van der Waals surface area contributed by atoms with Crippen LogP contribution in [-0.4, -0.2) is 50.0 Å². The summed E-state index contributed by atoms with van der Waals surface area (Å²) >= 11 is 0. The summed E-state index contributed by atoms with van der Waals surface area (Å²) in [4.78, 5) is 14.4. The average Bonchev–Trinajstić information content (AvgIpc) is 2.85. The molecule has 6 nitrogen and oxygen atoms in total. The maximum atomic E-state index is 13.2. The van der Waals surface area contributed by atoms with Crippen molar-refractivity contribution < 1.29 is 13.6 Å². The van der Waals surface area contributed by atoms with Gasteiger partial charge in [0.25, 0.3) is 0 Å². The zero-order valence-corrected chi connectivity index (χ0v) is 12.7.